The number of hydrogen-bond donors (Lipinski definition) is 0. The minimum Gasteiger partial charge on any atom is -0.253 e. The van der Waals surface area contributed by atoms with Crippen LogP contribution in [0.15, 0.2) is 60.9 Å². The summed E-state index contributed by atoms with van der Waals surface area (Å²) in [6.07, 6.45) is 4.38. The molecule has 0 saturated carbocycles. The molecule has 3 aromatic rings. The molecule has 2 aromatic carbocycles. The zero-order valence-electron chi connectivity index (χ0n) is 9.38. The fraction of sp³-hybridized carbons (Fsp3) is 0.0667. The van der Waals surface area contributed by atoms with Gasteiger partial charge in [0.05, 0.1) is 11.0 Å². The lowest BCUT2D eigenvalue weighted by molar-refractivity contribution is 1.18. The first kappa shape index (κ1) is 9.97. The molecule has 0 aliphatic carbocycles. The van der Waals surface area contributed by atoms with Crippen molar-refractivity contribution in [2.24, 2.45) is 0 Å². The quantitative estimate of drug-likeness (QED) is 0.662. The maximum atomic E-state index is 4.41. The van der Waals surface area contributed by atoms with E-state index in [2.05, 4.69) is 40.3 Å². The van der Waals surface area contributed by atoms with Gasteiger partial charge in [-0.15, -0.1) is 0 Å². The minimum absolute atomic E-state index is 0.900. The predicted molar refractivity (Wildman–Crippen MR) is 68.8 cm³/mol. The molecule has 0 radical (unpaired) electrons. The van der Waals surface area contributed by atoms with Crippen LogP contribution < -0.4 is 0 Å². The molecular formula is C15H12N2. The average Bonchev–Trinajstić information content (AvgIpc) is 2.40. The normalized spacial score (nSPS) is 10.6. The second kappa shape index (κ2) is 4.34. The molecule has 0 N–H and O–H groups in total. The van der Waals surface area contributed by atoms with Crippen LogP contribution in [0.5, 0.6) is 0 Å². The van der Waals surface area contributed by atoms with Crippen LogP contribution in [0.4, 0.5) is 0 Å². The number of nitrogens with zero attached hydrogens (tertiary/aromatic N) is 2. The molecule has 0 unspecified atom stereocenters. The van der Waals surface area contributed by atoms with E-state index in [4.69, 9.17) is 0 Å². The van der Waals surface area contributed by atoms with E-state index in [1.54, 1.807) is 12.4 Å². The summed E-state index contributed by atoms with van der Waals surface area (Å²) in [6.45, 7) is 0. The van der Waals surface area contributed by atoms with Crippen LogP contribution >= 0.6 is 0 Å². The van der Waals surface area contributed by atoms with Gasteiger partial charge in [-0.3, -0.25) is 9.97 Å². The number of benzene rings is 2. The Balaban J connectivity index is 2.06. The van der Waals surface area contributed by atoms with Gasteiger partial charge in [-0.25, -0.2) is 0 Å². The van der Waals surface area contributed by atoms with Gasteiger partial charge in [0.2, 0.25) is 0 Å². The van der Waals surface area contributed by atoms with Gasteiger partial charge in [-0.1, -0.05) is 42.5 Å². The molecule has 0 aliphatic rings. The number of aromatic nitrogens is 2. The molecule has 0 atom stereocenters. The molecule has 17 heavy (non-hydrogen) atoms. The van der Waals surface area contributed by atoms with Gasteiger partial charge in [0.25, 0.3) is 0 Å². The van der Waals surface area contributed by atoms with Crippen LogP contribution in [0.2, 0.25) is 0 Å². The van der Waals surface area contributed by atoms with Crippen molar-refractivity contribution in [2.75, 3.05) is 0 Å². The molecule has 0 fully saturated rings. The third-order valence-corrected chi connectivity index (χ3v) is 2.82. The van der Waals surface area contributed by atoms with E-state index in [1.807, 2.05) is 18.2 Å². The summed E-state index contributed by atoms with van der Waals surface area (Å²) in [4.78, 5) is 8.74. The topological polar surface area (TPSA) is 25.8 Å². The standard InChI is InChI=1S/C15H12N2/c1-2-5-12(6-3-1)11-13-7-4-8-14-15(13)17-10-9-16-14/h1-10H,11H2. The van der Waals surface area contributed by atoms with Crippen molar-refractivity contribution in [3.63, 3.8) is 0 Å². The molecular weight excluding hydrogens is 208 g/mol. The maximum absolute atomic E-state index is 4.41. The highest BCUT2D eigenvalue weighted by atomic mass is 14.8. The van der Waals surface area contributed by atoms with Gasteiger partial charge in [0.1, 0.15) is 0 Å². The summed E-state index contributed by atoms with van der Waals surface area (Å²) in [6, 6.07) is 16.6. The Kier molecular flexibility index (Phi) is 2.54. The number of rotatable bonds is 2. The zero-order valence-corrected chi connectivity index (χ0v) is 9.38. The molecule has 2 nitrogen and oxygen atoms in total. The highest BCUT2D eigenvalue weighted by molar-refractivity contribution is 5.77. The largest absolute Gasteiger partial charge is 0.253 e. The smallest absolute Gasteiger partial charge is 0.0922 e. The summed E-state index contributed by atoms with van der Waals surface area (Å²) in [7, 11) is 0. The van der Waals surface area contributed by atoms with E-state index in [-0.39, 0.29) is 0 Å². The Hall–Kier alpha value is -2.22. The third kappa shape index (κ3) is 2.02. The lowest BCUT2D eigenvalue weighted by Gasteiger charge is -2.04. The monoisotopic (exact) mass is 220 g/mol. The molecule has 1 aromatic heterocycles. The first-order chi connectivity index (χ1) is 8.43. The fourth-order valence-corrected chi connectivity index (χ4v) is 2.01. The van der Waals surface area contributed by atoms with E-state index in [0.29, 0.717) is 0 Å². The molecule has 0 bridgehead atoms. The summed E-state index contributed by atoms with van der Waals surface area (Å²) in [5, 5.41) is 0. The average molecular weight is 220 g/mol. The van der Waals surface area contributed by atoms with E-state index >= 15 is 0 Å². The van der Waals surface area contributed by atoms with Gasteiger partial charge in [0.15, 0.2) is 0 Å². The van der Waals surface area contributed by atoms with Crippen molar-refractivity contribution in [1.29, 1.82) is 0 Å². The van der Waals surface area contributed by atoms with E-state index in [9.17, 15) is 0 Å². The molecule has 0 aliphatic heterocycles. The van der Waals surface area contributed by atoms with Crippen molar-refractivity contribution in [2.45, 2.75) is 6.42 Å². The maximum Gasteiger partial charge on any atom is 0.0922 e. The third-order valence-electron chi connectivity index (χ3n) is 2.82. The van der Waals surface area contributed by atoms with Crippen LogP contribution in [-0.4, -0.2) is 9.97 Å². The predicted octanol–water partition coefficient (Wildman–Crippen LogP) is 3.22. The number of fused-ring (bicyclic) bond motifs is 1. The second-order valence-electron chi connectivity index (χ2n) is 4.00. The second-order valence-corrected chi connectivity index (χ2v) is 4.00. The summed E-state index contributed by atoms with van der Waals surface area (Å²) >= 11 is 0. The molecule has 1 heterocycles. The SMILES string of the molecule is c1ccc(Cc2cccc3nccnc23)cc1. The van der Waals surface area contributed by atoms with Crippen LogP contribution in [0, 0.1) is 0 Å². The van der Waals surface area contributed by atoms with E-state index in [0.717, 1.165) is 17.5 Å². The van der Waals surface area contributed by atoms with Crippen molar-refractivity contribution >= 4 is 11.0 Å². The van der Waals surface area contributed by atoms with Crippen LogP contribution in [0.3, 0.4) is 0 Å². The Labute approximate surface area is 100.0 Å². The van der Waals surface area contributed by atoms with Crippen LogP contribution in [0.25, 0.3) is 11.0 Å². The molecule has 2 heteroatoms. The van der Waals surface area contributed by atoms with Crippen molar-refractivity contribution < 1.29 is 0 Å². The minimum atomic E-state index is 0.900. The van der Waals surface area contributed by atoms with Crippen LogP contribution in [-0.2, 0) is 6.42 Å². The van der Waals surface area contributed by atoms with Gasteiger partial charge in [0, 0.05) is 12.4 Å². The van der Waals surface area contributed by atoms with Gasteiger partial charge in [-0.05, 0) is 23.6 Å². The zero-order chi connectivity index (χ0) is 11.5. The Bertz CT molecular complexity index is 627. The first-order valence-electron chi connectivity index (χ1n) is 5.66. The summed E-state index contributed by atoms with van der Waals surface area (Å²) in [5.41, 5.74) is 4.48. The highest BCUT2D eigenvalue weighted by Gasteiger charge is 2.03. The van der Waals surface area contributed by atoms with Crippen molar-refractivity contribution in [3.05, 3.63) is 72.1 Å². The summed E-state index contributed by atoms with van der Waals surface area (Å²) in [5.74, 6) is 0. The molecule has 0 amide bonds. The van der Waals surface area contributed by atoms with Crippen molar-refractivity contribution in [1.82, 2.24) is 9.97 Å². The van der Waals surface area contributed by atoms with Gasteiger partial charge in [-0.2, -0.15) is 0 Å². The number of hydrogen-bond acceptors (Lipinski definition) is 2. The Morgan fingerprint density at radius 1 is 0.765 bits per heavy atom. The lowest BCUT2D eigenvalue weighted by Crippen LogP contribution is -1.92. The van der Waals surface area contributed by atoms with Crippen molar-refractivity contribution in [3.8, 4) is 0 Å². The lowest BCUT2D eigenvalue weighted by atomic mass is 10.0. The number of para-hydroxylation sites is 1. The van der Waals surface area contributed by atoms with Gasteiger partial charge >= 0.3 is 0 Å². The molecule has 0 spiro atoms. The highest BCUT2D eigenvalue weighted by Crippen LogP contribution is 2.17. The van der Waals surface area contributed by atoms with Gasteiger partial charge < -0.3 is 0 Å². The molecule has 0 saturated heterocycles. The van der Waals surface area contributed by atoms with E-state index in [1.165, 1.54) is 11.1 Å². The Morgan fingerprint density at radius 3 is 2.47 bits per heavy atom. The fourth-order valence-electron chi connectivity index (χ4n) is 2.01. The first-order valence-corrected chi connectivity index (χ1v) is 5.66. The molecule has 82 valence electrons. The van der Waals surface area contributed by atoms with E-state index < -0.39 is 0 Å². The molecule has 3 rings (SSSR count). The van der Waals surface area contributed by atoms with Crippen LogP contribution in [0.1, 0.15) is 11.1 Å². The summed E-state index contributed by atoms with van der Waals surface area (Å²) < 4.78 is 0. The Morgan fingerprint density at radius 2 is 1.59 bits per heavy atom.